The van der Waals surface area contributed by atoms with Crippen molar-refractivity contribution in [2.75, 3.05) is 33.5 Å². The first-order valence-electron chi connectivity index (χ1n) is 6.79. The fourth-order valence-corrected chi connectivity index (χ4v) is 1.99. The van der Waals surface area contributed by atoms with Crippen molar-refractivity contribution < 1.29 is 19.4 Å². The highest BCUT2D eigenvalue weighted by atomic mass is 16.5. The van der Waals surface area contributed by atoms with Crippen molar-refractivity contribution in [2.24, 2.45) is 0 Å². The normalized spacial score (nSPS) is 10.7. The van der Waals surface area contributed by atoms with Gasteiger partial charge in [0.2, 0.25) is 0 Å². The molecule has 1 amide bonds. The van der Waals surface area contributed by atoms with Crippen molar-refractivity contribution in [1.82, 2.24) is 5.32 Å². The van der Waals surface area contributed by atoms with Gasteiger partial charge in [-0.1, -0.05) is 24.3 Å². The van der Waals surface area contributed by atoms with Crippen molar-refractivity contribution in [1.29, 1.82) is 0 Å². The predicted molar refractivity (Wildman–Crippen MR) is 80.6 cm³/mol. The van der Waals surface area contributed by atoms with Gasteiger partial charge in [-0.3, -0.25) is 4.79 Å². The third kappa shape index (κ3) is 4.18. The molecule has 2 rings (SSSR count). The zero-order valence-electron chi connectivity index (χ0n) is 12.0. The monoisotopic (exact) mass is 289 g/mol. The number of aromatic hydroxyl groups is 1. The molecule has 0 atom stereocenters. The molecule has 2 aromatic rings. The Morgan fingerprint density at radius 3 is 2.57 bits per heavy atom. The molecule has 0 bridgehead atoms. The second-order valence-electron chi connectivity index (χ2n) is 4.58. The molecule has 0 aliphatic rings. The average molecular weight is 289 g/mol. The highest BCUT2D eigenvalue weighted by Gasteiger charge is 2.11. The van der Waals surface area contributed by atoms with Gasteiger partial charge in [-0.25, -0.2) is 0 Å². The third-order valence-electron chi connectivity index (χ3n) is 3.07. The summed E-state index contributed by atoms with van der Waals surface area (Å²) in [6.45, 7) is 1.81. The Morgan fingerprint density at radius 2 is 1.86 bits per heavy atom. The third-order valence-corrected chi connectivity index (χ3v) is 3.07. The van der Waals surface area contributed by atoms with Gasteiger partial charge in [0.15, 0.2) is 0 Å². The summed E-state index contributed by atoms with van der Waals surface area (Å²) in [4.78, 5) is 12.0. The number of hydrogen-bond acceptors (Lipinski definition) is 4. The molecule has 2 aromatic carbocycles. The lowest BCUT2D eigenvalue weighted by atomic mass is 10.1. The lowest BCUT2D eigenvalue weighted by Gasteiger charge is -2.09. The minimum atomic E-state index is -0.311. The van der Waals surface area contributed by atoms with Crippen LogP contribution in [0.2, 0.25) is 0 Å². The Hall–Kier alpha value is -2.11. The van der Waals surface area contributed by atoms with Gasteiger partial charge in [-0.2, -0.15) is 0 Å². The van der Waals surface area contributed by atoms with E-state index in [1.165, 1.54) is 0 Å². The van der Waals surface area contributed by atoms with E-state index in [2.05, 4.69) is 5.32 Å². The lowest BCUT2D eigenvalue weighted by Crippen LogP contribution is -2.27. The van der Waals surface area contributed by atoms with Crippen LogP contribution in [0.4, 0.5) is 0 Å². The standard InChI is InChI=1S/C16H19NO4/c1-20-8-9-21-7-6-17-16(19)14-10-12-4-2-3-5-13(12)11-15(14)18/h2-5,10-11,18H,6-9H2,1H3,(H,17,19). The summed E-state index contributed by atoms with van der Waals surface area (Å²) in [6, 6.07) is 10.9. The minimum Gasteiger partial charge on any atom is -0.507 e. The van der Waals surface area contributed by atoms with Crippen LogP contribution in [0.25, 0.3) is 10.8 Å². The summed E-state index contributed by atoms with van der Waals surface area (Å²) in [5, 5.41) is 14.5. The SMILES string of the molecule is COCCOCCNC(=O)c1cc2ccccc2cc1O. The summed E-state index contributed by atoms with van der Waals surface area (Å²) in [6.07, 6.45) is 0. The molecule has 5 nitrogen and oxygen atoms in total. The predicted octanol–water partition coefficient (Wildman–Crippen LogP) is 1.94. The first-order chi connectivity index (χ1) is 10.2. The van der Waals surface area contributed by atoms with E-state index in [0.29, 0.717) is 26.4 Å². The van der Waals surface area contributed by atoms with E-state index < -0.39 is 0 Å². The van der Waals surface area contributed by atoms with Crippen molar-refractivity contribution >= 4 is 16.7 Å². The van der Waals surface area contributed by atoms with E-state index in [-0.39, 0.29) is 17.2 Å². The number of amides is 1. The molecule has 0 heterocycles. The smallest absolute Gasteiger partial charge is 0.255 e. The molecule has 0 saturated heterocycles. The van der Waals surface area contributed by atoms with Gasteiger partial charge < -0.3 is 19.9 Å². The first kappa shape index (κ1) is 15.3. The quantitative estimate of drug-likeness (QED) is 0.764. The molecule has 0 saturated carbocycles. The van der Waals surface area contributed by atoms with Gasteiger partial charge in [0.25, 0.3) is 5.91 Å². The topological polar surface area (TPSA) is 67.8 Å². The maximum Gasteiger partial charge on any atom is 0.255 e. The Labute approximate surface area is 123 Å². The number of methoxy groups -OCH3 is 1. The molecule has 0 unspecified atom stereocenters. The van der Waals surface area contributed by atoms with Crippen molar-refractivity contribution in [3.8, 4) is 5.75 Å². The van der Waals surface area contributed by atoms with Crippen LogP contribution in [0, 0.1) is 0 Å². The molecular formula is C16H19NO4. The maximum atomic E-state index is 12.0. The number of fused-ring (bicyclic) bond motifs is 1. The Kier molecular flexibility index (Phi) is 5.54. The van der Waals surface area contributed by atoms with Gasteiger partial charge in [-0.15, -0.1) is 0 Å². The second-order valence-corrected chi connectivity index (χ2v) is 4.58. The number of carbonyl (C=O) groups is 1. The highest BCUT2D eigenvalue weighted by Crippen LogP contribution is 2.24. The van der Waals surface area contributed by atoms with E-state index in [1.54, 1.807) is 19.2 Å². The van der Waals surface area contributed by atoms with Gasteiger partial charge in [-0.05, 0) is 22.9 Å². The Balaban J connectivity index is 1.94. The van der Waals surface area contributed by atoms with E-state index in [9.17, 15) is 9.90 Å². The summed E-state index contributed by atoms with van der Waals surface area (Å²) < 4.78 is 10.1. The van der Waals surface area contributed by atoms with Crippen LogP contribution in [-0.4, -0.2) is 44.5 Å². The van der Waals surface area contributed by atoms with Crippen LogP contribution in [0.3, 0.4) is 0 Å². The van der Waals surface area contributed by atoms with Crippen LogP contribution in [0.5, 0.6) is 5.75 Å². The molecule has 0 radical (unpaired) electrons. The van der Waals surface area contributed by atoms with Crippen molar-refractivity contribution in [2.45, 2.75) is 0 Å². The Morgan fingerprint density at radius 1 is 1.14 bits per heavy atom. The number of carbonyl (C=O) groups excluding carboxylic acids is 1. The molecular weight excluding hydrogens is 270 g/mol. The van der Waals surface area contributed by atoms with Crippen LogP contribution >= 0.6 is 0 Å². The highest BCUT2D eigenvalue weighted by molar-refractivity contribution is 6.01. The van der Waals surface area contributed by atoms with Gasteiger partial charge in [0.1, 0.15) is 5.75 Å². The first-order valence-corrected chi connectivity index (χ1v) is 6.79. The van der Waals surface area contributed by atoms with E-state index >= 15 is 0 Å². The molecule has 2 N–H and O–H groups in total. The van der Waals surface area contributed by atoms with E-state index in [0.717, 1.165) is 10.8 Å². The number of hydrogen-bond donors (Lipinski definition) is 2. The molecule has 0 spiro atoms. The molecule has 21 heavy (non-hydrogen) atoms. The zero-order valence-corrected chi connectivity index (χ0v) is 12.0. The zero-order chi connectivity index (χ0) is 15.1. The van der Waals surface area contributed by atoms with Crippen molar-refractivity contribution in [3.05, 3.63) is 42.0 Å². The Bertz CT molecular complexity index is 612. The lowest BCUT2D eigenvalue weighted by molar-refractivity contribution is 0.0692. The van der Waals surface area contributed by atoms with Crippen LogP contribution in [-0.2, 0) is 9.47 Å². The van der Waals surface area contributed by atoms with Crippen LogP contribution in [0.1, 0.15) is 10.4 Å². The molecule has 0 aliphatic heterocycles. The van der Waals surface area contributed by atoms with Crippen LogP contribution in [0.15, 0.2) is 36.4 Å². The van der Waals surface area contributed by atoms with E-state index in [4.69, 9.17) is 9.47 Å². The molecule has 5 heteroatoms. The summed E-state index contributed by atoms with van der Waals surface area (Å²) in [5.41, 5.74) is 0.269. The molecule has 0 aliphatic carbocycles. The molecule has 0 fully saturated rings. The number of nitrogens with one attached hydrogen (secondary N) is 1. The number of phenolic OH excluding ortho intramolecular Hbond substituents is 1. The molecule has 0 aromatic heterocycles. The number of benzene rings is 2. The summed E-state index contributed by atoms with van der Waals surface area (Å²) >= 11 is 0. The average Bonchev–Trinajstić information content (AvgIpc) is 2.49. The summed E-state index contributed by atoms with van der Waals surface area (Å²) in [7, 11) is 1.60. The fraction of sp³-hybridized carbons (Fsp3) is 0.312. The van der Waals surface area contributed by atoms with Crippen LogP contribution < -0.4 is 5.32 Å². The molecule has 112 valence electrons. The van der Waals surface area contributed by atoms with Gasteiger partial charge >= 0.3 is 0 Å². The van der Waals surface area contributed by atoms with Gasteiger partial charge in [0.05, 0.1) is 25.4 Å². The number of ether oxygens (including phenoxy) is 2. The van der Waals surface area contributed by atoms with Gasteiger partial charge in [0, 0.05) is 13.7 Å². The van der Waals surface area contributed by atoms with Crippen molar-refractivity contribution in [3.63, 3.8) is 0 Å². The number of rotatable bonds is 7. The summed E-state index contributed by atoms with van der Waals surface area (Å²) in [5.74, 6) is -0.333. The fourth-order valence-electron chi connectivity index (χ4n) is 1.99. The largest absolute Gasteiger partial charge is 0.507 e. The minimum absolute atomic E-state index is 0.0218. The second kappa shape index (κ2) is 7.61. The maximum absolute atomic E-state index is 12.0. The number of phenols is 1. The van der Waals surface area contributed by atoms with E-state index in [1.807, 2.05) is 24.3 Å².